The maximum atomic E-state index is 12.4. The molecule has 0 bridgehead atoms. The Morgan fingerprint density at radius 2 is 1.94 bits per heavy atom. The molecule has 94 valence electrons. The second-order valence-electron chi connectivity index (χ2n) is 4.68. The summed E-state index contributed by atoms with van der Waals surface area (Å²) in [4.78, 5) is 7.52. The second kappa shape index (κ2) is 4.19. The monoisotopic (exact) mass is 275 g/mol. The van der Waals surface area contributed by atoms with E-state index >= 15 is 0 Å². The van der Waals surface area contributed by atoms with Gasteiger partial charge in [0.15, 0.2) is 0 Å². The SMILES string of the molecule is CC1(C)CCCN1S(=O)(=O)c1cnc(Cl)nc1. The molecule has 0 spiro atoms. The van der Waals surface area contributed by atoms with Crippen molar-refractivity contribution in [1.82, 2.24) is 14.3 Å². The third-order valence-electron chi connectivity index (χ3n) is 3.01. The molecule has 0 aliphatic carbocycles. The van der Waals surface area contributed by atoms with Crippen molar-refractivity contribution in [2.75, 3.05) is 6.54 Å². The molecule has 1 fully saturated rings. The van der Waals surface area contributed by atoms with E-state index in [0.29, 0.717) is 6.54 Å². The van der Waals surface area contributed by atoms with Gasteiger partial charge in [0, 0.05) is 12.1 Å². The van der Waals surface area contributed by atoms with Gasteiger partial charge in [0.2, 0.25) is 15.3 Å². The Morgan fingerprint density at radius 1 is 1.35 bits per heavy atom. The van der Waals surface area contributed by atoms with Crippen LogP contribution in [0.3, 0.4) is 0 Å². The summed E-state index contributed by atoms with van der Waals surface area (Å²) in [5.74, 6) is 0. The predicted octanol–water partition coefficient (Wildman–Crippen LogP) is 1.69. The molecule has 0 aromatic carbocycles. The van der Waals surface area contributed by atoms with Crippen LogP contribution >= 0.6 is 11.6 Å². The van der Waals surface area contributed by atoms with Gasteiger partial charge in [0.25, 0.3) is 0 Å². The largest absolute Gasteiger partial charge is 0.246 e. The summed E-state index contributed by atoms with van der Waals surface area (Å²) in [5, 5.41) is 0.0460. The van der Waals surface area contributed by atoms with Crippen LogP contribution in [-0.4, -0.2) is 34.8 Å². The molecule has 17 heavy (non-hydrogen) atoms. The van der Waals surface area contributed by atoms with Crippen molar-refractivity contribution in [3.05, 3.63) is 17.7 Å². The lowest BCUT2D eigenvalue weighted by Gasteiger charge is -2.30. The van der Waals surface area contributed by atoms with Crippen molar-refractivity contribution in [2.45, 2.75) is 37.1 Å². The highest BCUT2D eigenvalue weighted by atomic mass is 35.5. The summed E-state index contributed by atoms with van der Waals surface area (Å²) < 4.78 is 26.2. The van der Waals surface area contributed by atoms with Gasteiger partial charge in [-0.05, 0) is 38.3 Å². The zero-order valence-electron chi connectivity index (χ0n) is 9.72. The predicted molar refractivity (Wildman–Crippen MR) is 64.2 cm³/mol. The van der Waals surface area contributed by atoms with Crippen molar-refractivity contribution in [2.24, 2.45) is 0 Å². The highest BCUT2D eigenvalue weighted by Gasteiger charge is 2.41. The Balaban J connectivity index is 2.40. The van der Waals surface area contributed by atoms with E-state index in [9.17, 15) is 8.42 Å². The Bertz CT molecular complexity index is 513. The fourth-order valence-electron chi connectivity index (χ4n) is 2.09. The zero-order chi connectivity index (χ0) is 12.7. The van der Waals surface area contributed by atoms with Crippen molar-refractivity contribution >= 4 is 21.6 Å². The molecule has 1 aromatic rings. The Labute approximate surface area is 106 Å². The van der Waals surface area contributed by atoms with Crippen LogP contribution in [-0.2, 0) is 10.0 Å². The fraction of sp³-hybridized carbons (Fsp3) is 0.600. The third kappa shape index (κ3) is 2.29. The highest BCUT2D eigenvalue weighted by molar-refractivity contribution is 7.89. The minimum absolute atomic E-state index is 0.0460. The smallest absolute Gasteiger partial charge is 0.225 e. The van der Waals surface area contributed by atoms with Gasteiger partial charge in [-0.3, -0.25) is 0 Å². The highest BCUT2D eigenvalue weighted by Crippen LogP contribution is 2.33. The maximum Gasteiger partial charge on any atom is 0.246 e. The molecular formula is C10H14ClN3O2S. The fourth-order valence-corrected chi connectivity index (χ4v) is 3.92. The molecule has 5 nitrogen and oxygen atoms in total. The molecule has 1 saturated heterocycles. The molecule has 2 rings (SSSR count). The normalized spacial score (nSPS) is 20.6. The molecule has 7 heteroatoms. The van der Waals surface area contributed by atoms with E-state index in [1.165, 1.54) is 16.7 Å². The van der Waals surface area contributed by atoms with E-state index in [1.54, 1.807) is 0 Å². The minimum atomic E-state index is -3.51. The summed E-state index contributed by atoms with van der Waals surface area (Å²) in [6.07, 6.45) is 4.24. The van der Waals surface area contributed by atoms with E-state index in [4.69, 9.17) is 11.6 Å². The van der Waals surface area contributed by atoms with Gasteiger partial charge in [0.05, 0.1) is 12.4 Å². The summed E-state index contributed by atoms with van der Waals surface area (Å²) in [5.41, 5.74) is -0.349. The lowest BCUT2D eigenvalue weighted by molar-refractivity contribution is 0.291. The molecule has 1 aromatic heterocycles. The van der Waals surface area contributed by atoms with Crippen LogP contribution in [0.1, 0.15) is 26.7 Å². The van der Waals surface area contributed by atoms with Gasteiger partial charge in [-0.2, -0.15) is 4.31 Å². The van der Waals surface area contributed by atoms with Gasteiger partial charge < -0.3 is 0 Å². The van der Waals surface area contributed by atoms with Gasteiger partial charge >= 0.3 is 0 Å². The molecule has 1 aliphatic rings. The molecular weight excluding hydrogens is 262 g/mol. The van der Waals surface area contributed by atoms with Crippen molar-refractivity contribution in [3.8, 4) is 0 Å². The number of halogens is 1. The van der Waals surface area contributed by atoms with Gasteiger partial charge in [0.1, 0.15) is 4.90 Å². The third-order valence-corrected chi connectivity index (χ3v) is 5.27. The number of rotatable bonds is 2. The second-order valence-corrected chi connectivity index (χ2v) is 6.88. The average molecular weight is 276 g/mol. The van der Waals surface area contributed by atoms with Crippen molar-refractivity contribution in [3.63, 3.8) is 0 Å². The number of hydrogen-bond donors (Lipinski definition) is 0. The lowest BCUT2D eigenvalue weighted by Crippen LogP contribution is -2.42. The first kappa shape index (κ1) is 12.7. The Morgan fingerprint density at radius 3 is 2.41 bits per heavy atom. The zero-order valence-corrected chi connectivity index (χ0v) is 11.3. The number of nitrogens with zero attached hydrogens (tertiary/aromatic N) is 3. The quantitative estimate of drug-likeness (QED) is 0.771. The van der Waals surface area contributed by atoms with Crippen molar-refractivity contribution < 1.29 is 8.42 Å². The summed E-state index contributed by atoms with van der Waals surface area (Å²) in [6.45, 7) is 4.39. The van der Waals surface area contributed by atoms with Gasteiger partial charge in [-0.15, -0.1) is 0 Å². The first-order valence-electron chi connectivity index (χ1n) is 5.34. The van der Waals surface area contributed by atoms with Crippen LogP contribution in [0, 0.1) is 0 Å². The van der Waals surface area contributed by atoms with Crippen LogP contribution in [0.4, 0.5) is 0 Å². The maximum absolute atomic E-state index is 12.4. The number of sulfonamides is 1. The van der Waals surface area contributed by atoms with Crippen LogP contribution in [0.5, 0.6) is 0 Å². The molecule has 0 radical (unpaired) electrons. The van der Waals surface area contributed by atoms with E-state index in [2.05, 4.69) is 9.97 Å². The molecule has 0 atom stereocenters. The van der Waals surface area contributed by atoms with Crippen LogP contribution in [0.15, 0.2) is 17.3 Å². The molecule has 0 N–H and O–H groups in total. The van der Waals surface area contributed by atoms with E-state index in [0.717, 1.165) is 12.8 Å². The summed E-state index contributed by atoms with van der Waals surface area (Å²) in [6, 6.07) is 0. The first-order valence-corrected chi connectivity index (χ1v) is 7.16. The lowest BCUT2D eigenvalue weighted by atomic mass is 10.0. The van der Waals surface area contributed by atoms with Crippen molar-refractivity contribution in [1.29, 1.82) is 0 Å². The summed E-state index contributed by atoms with van der Waals surface area (Å²) >= 11 is 5.55. The van der Waals surface area contributed by atoms with Crippen LogP contribution < -0.4 is 0 Å². The summed E-state index contributed by atoms with van der Waals surface area (Å²) in [7, 11) is -3.51. The topological polar surface area (TPSA) is 63.2 Å². The molecule has 2 heterocycles. The van der Waals surface area contributed by atoms with Gasteiger partial charge in [-0.25, -0.2) is 18.4 Å². The van der Waals surface area contributed by atoms with E-state index in [-0.39, 0.29) is 15.7 Å². The van der Waals surface area contributed by atoms with Crippen LogP contribution in [0.25, 0.3) is 0 Å². The van der Waals surface area contributed by atoms with Gasteiger partial charge in [-0.1, -0.05) is 0 Å². The Hall–Kier alpha value is -0.720. The van der Waals surface area contributed by atoms with Crippen LogP contribution in [0.2, 0.25) is 5.28 Å². The molecule has 0 amide bonds. The average Bonchev–Trinajstić information content (AvgIpc) is 2.59. The van der Waals surface area contributed by atoms with E-state index < -0.39 is 10.0 Å². The number of aromatic nitrogens is 2. The minimum Gasteiger partial charge on any atom is -0.225 e. The number of hydrogen-bond acceptors (Lipinski definition) is 4. The molecule has 0 unspecified atom stereocenters. The molecule has 0 saturated carbocycles. The first-order chi connectivity index (χ1) is 7.84. The Kier molecular flexibility index (Phi) is 3.14. The van der Waals surface area contributed by atoms with E-state index in [1.807, 2.05) is 13.8 Å². The standard InChI is InChI=1S/C10H14ClN3O2S/c1-10(2)4-3-5-14(10)17(15,16)8-6-12-9(11)13-7-8/h6-7H,3-5H2,1-2H3. The molecule has 1 aliphatic heterocycles.